The lowest BCUT2D eigenvalue weighted by atomic mass is 10.0. The molecule has 0 fully saturated rings. The smallest absolute Gasteiger partial charge is 0.144 e. The number of fused-ring (bicyclic) bond motifs is 1. The number of rotatable bonds is 3. The highest BCUT2D eigenvalue weighted by Crippen LogP contribution is 2.28. The predicted octanol–water partition coefficient (Wildman–Crippen LogP) is 2.32. The van der Waals surface area contributed by atoms with Crippen LogP contribution >= 0.6 is 0 Å². The van der Waals surface area contributed by atoms with Crippen LogP contribution in [0.1, 0.15) is 17.5 Å². The van der Waals surface area contributed by atoms with Crippen molar-refractivity contribution in [3.63, 3.8) is 0 Å². The van der Waals surface area contributed by atoms with Gasteiger partial charge in [0.25, 0.3) is 0 Å². The maximum atomic E-state index is 5.52. The van der Waals surface area contributed by atoms with Crippen molar-refractivity contribution in [3.8, 4) is 0 Å². The Kier molecular flexibility index (Phi) is 3.33. The number of hydrogen-bond donors (Lipinski definition) is 2. The van der Waals surface area contributed by atoms with Crippen molar-refractivity contribution in [1.29, 1.82) is 0 Å². The lowest BCUT2D eigenvalue weighted by Crippen LogP contribution is -2.29. The molecule has 1 aliphatic heterocycles. The van der Waals surface area contributed by atoms with E-state index in [1.807, 2.05) is 6.07 Å². The third-order valence-corrected chi connectivity index (χ3v) is 3.60. The molecule has 0 saturated heterocycles. The van der Waals surface area contributed by atoms with Gasteiger partial charge < -0.3 is 10.3 Å². The molecule has 0 amide bonds. The van der Waals surface area contributed by atoms with Gasteiger partial charge in [-0.2, -0.15) is 0 Å². The van der Waals surface area contributed by atoms with E-state index in [1.165, 1.54) is 24.1 Å². The summed E-state index contributed by atoms with van der Waals surface area (Å²) in [6, 6.07) is 12.6. The lowest BCUT2D eigenvalue weighted by molar-refractivity contribution is 0.690. The van der Waals surface area contributed by atoms with Crippen LogP contribution in [-0.4, -0.2) is 11.5 Å². The van der Waals surface area contributed by atoms with Crippen LogP contribution in [0, 0.1) is 0 Å². The summed E-state index contributed by atoms with van der Waals surface area (Å²) >= 11 is 0. The normalized spacial score (nSPS) is 14.1. The summed E-state index contributed by atoms with van der Waals surface area (Å²) in [6.07, 6.45) is 4.12. The van der Waals surface area contributed by atoms with Crippen molar-refractivity contribution >= 4 is 11.5 Å². The number of nitrogens with two attached hydrogens (primary N) is 1. The fourth-order valence-corrected chi connectivity index (χ4v) is 2.68. The van der Waals surface area contributed by atoms with Crippen LogP contribution in [0.15, 0.2) is 42.6 Å². The van der Waals surface area contributed by atoms with Gasteiger partial charge in [-0.1, -0.05) is 24.3 Å². The van der Waals surface area contributed by atoms with Gasteiger partial charge in [0.05, 0.1) is 0 Å². The van der Waals surface area contributed by atoms with E-state index >= 15 is 0 Å². The molecule has 0 aliphatic carbocycles. The molecule has 4 heteroatoms. The maximum Gasteiger partial charge on any atom is 0.144 e. The van der Waals surface area contributed by atoms with Crippen molar-refractivity contribution in [3.05, 3.63) is 53.7 Å². The molecule has 2 heterocycles. The maximum absolute atomic E-state index is 5.52. The third kappa shape index (κ3) is 2.39. The van der Waals surface area contributed by atoms with Gasteiger partial charge in [-0.15, -0.1) is 0 Å². The van der Waals surface area contributed by atoms with E-state index in [4.69, 9.17) is 5.84 Å². The number of nitrogens with one attached hydrogen (secondary N) is 1. The second kappa shape index (κ2) is 5.28. The topological polar surface area (TPSA) is 54.2 Å². The highest BCUT2D eigenvalue weighted by molar-refractivity contribution is 5.57. The second-order valence-electron chi connectivity index (χ2n) is 4.81. The van der Waals surface area contributed by atoms with E-state index in [1.54, 1.807) is 6.20 Å². The summed E-state index contributed by atoms with van der Waals surface area (Å²) in [4.78, 5) is 6.66. The zero-order valence-electron chi connectivity index (χ0n) is 10.8. The molecule has 1 aromatic carbocycles. The van der Waals surface area contributed by atoms with Gasteiger partial charge in [0.2, 0.25) is 0 Å². The Hall–Kier alpha value is -2.07. The molecule has 0 unspecified atom stereocenters. The largest absolute Gasteiger partial charge is 0.367 e. The van der Waals surface area contributed by atoms with Crippen LogP contribution in [0.25, 0.3) is 0 Å². The molecular formula is C15H18N4. The van der Waals surface area contributed by atoms with Crippen LogP contribution in [0.5, 0.6) is 0 Å². The first kappa shape index (κ1) is 12.0. The Bertz CT molecular complexity index is 568. The van der Waals surface area contributed by atoms with Gasteiger partial charge in [0.1, 0.15) is 5.82 Å². The van der Waals surface area contributed by atoms with E-state index in [2.05, 4.69) is 45.6 Å². The van der Waals surface area contributed by atoms with Crippen molar-refractivity contribution in [2.75, 3.05) is 16.9 Å². The van der Waals surface area contributed by atoms with Gasteiger partial charge in [-0.25, -0.2) is 10.8 Å². The molecule has 1 aromatic heterocycles. The lowest BCUT2D eigenvalue weighted by Gasteiger charge is -2.31. The third-order valence-electron chi connectivity index (χ3n) is 3.60. The molecule has 4 nitrogen and oxygen atoms in total. The van der Waals surface area contributed by atoms with Crippen molar-refractivity contribution in [1.82, 2.24) is 4.98 Å². The molecule has 0 bridgehead atoms. The number of aryl methyl sites for hydroxylation is 1. The van der Waals surface area contributed by atoms with E-state index in [0.717, 1.165) is 24.5 Å². The number of aromatic nitrogens is 1. The Balaban J connectivity index is 1.88. The number of nitrogens with zero attached hydrogens (tertiary/aromatic N) is 2. The first-order valence-electron chi connectivity index (χ1n) is 6.62. The average molecular weight is 254 g/mol. The molecule has 0 saturated carbocycles. The SMILES string of the molecule is NNc1ncccc1CN1CCCc2ccccc21. The quantitative estimate of drug-likeness (QED) is 0.652. The van der Waals surface area contributed by atoms with Crippen molar-refractivity contribution in [2.24, 2.45) is 5.84 Å². The van der Waals surface area contributed by atoms with Crippen LogP contribution in [0.2, 0.25) is 0 Å². The Morgan fingerprint density at radius 3 is 3.00 bits per heavy atom. The number of hydrogen-bond acceptors (Lipinski definition) is 4. The number of hydrazine groups is 1. The van der Waals surface area contributed by atoms with Crippen molar-refractivity contribution in [2.45, 2.75) is 19.4 Å². The minimum atomic E-state index is 0.755. The standard InChI is InChI=1S/C15H18N4/c16-18-15-13(6-3-9-17-15)11-19-10-4-7-12-5-1-2-8-14(12)19/h1-3,5-6,8-9H,4,7,10-11,16H2,(H,17,18). The molecule has 3 rings (SSSR count). The molecule has 0 atom stereocenters. The number of nitrogen functional groups attached to an aromatic ring is 1. The Morgan fingerprint density at radius 2 is 2.11 bits per heavy atom. The van der Waals surface area contributed by atoms with Gasteiger partial charge in [-0.3, -0.25) is 0 Å². The summed E-state index contributed by atoms with van der Waals surface area (Å²) < 4.78 is 0. The van der Waals surface area contributed by atoms with E-state index in [0.29, 0.717) is 0 Å². The predicted molar refractivity (Wildman–Crippen MR) is 77.9 cm³/mol. The molecule has 3 N–H and O–H groups in total. The van der Waals surface area contributed by atoms with Gasteiger partial charge in [0.15, 0.2) is 0 Å². The number of para-hydroxylation sites is 1. The fourth-order valence-electron chi connectivity index (χ4n) is 2.68. The number of benzene rings is 1. The van der Waals surface area contributed by atoms with Gasteiger partial charge >= 0.3 is 0 Å². The summed E-state index contributed by atoms with van der Waals surface area (Å²) in [6.45, 7) is 1.92. The molecule has 0 radical (unpaired) electrons. The highest BCUT2D eigenvalue weighted by Gasteiger charge is 2.17. The first-order valence-corrected chi connectivity index (χ1v) is 6.62. The molecular weight excluding hydrogens is 236 g/mol. The summed E-state index contributed by atoms with van der Waals surface area (Å²) in [5.41, 5.74) is 6.56. The monoisotopic (exact) mass is 254 g/mol. The number of anilines is 2. The van der Waals surface area contributed by atoms with Crippen LogP contribution in [0.3, 0.4) is 0 Å². The van der Waals surface area contributed by atoms with Gasteiger partial charge in [0, 0.05) is 30.5 Å². The first-order chi connectivity index (χ1) is 9.38. The van der Waals surface area contributed by atoms with E-state index < -0.39 is 0 Å². The molecule has 2 aromatic rings. The fraction of sp³-hybridized carbons (Fsp3) is 0.267. The number of pyridine rings is 1. The minimum Gasteiger partial charge on any atom is -0.367 e. The van der Waals surface area contributed by atoms with Crippen LogP contribution in [0.4, 0.5) is 11.5 Å². The van der Waals surface area contributed by atoms with E-state index in [-0.39, 0.29) is 0 Å². The van der Waals surface area contributed by atoms with Crippen LogP contribution < -0.4 is 16.2 Å². The average Bonchev–Trinajstić information content (AvgIpc) is 2.48. The second-order valence-corrected chi connectivity index (χ2v) is 4.81. The highest BCUT2D eigenvalue weighted by atomic mass is 15.3. The Morgan fingerprint density at radius 1 is 1.21 bits per heavy atom. The van der Waals surface area contributed by atoms with Crippen LogP contribution in [-0.2, 0) is 13.0 Å². The summed E-state index contributed by atoms with van der Waals surface area (Å²) in [5.74, 6) is 6.27. The molecule has 1 aliphatic rings. The van der Waals surface area contributed by atoms with E-state index in [9.17, 15) is 0 Å². The summed E-state index contributed by atoms with van der Waals surface area (Å²) in [7, 11) is 0. The molecule has 19 heavy (non-hydrogen) atoms. The molecule has 98 valence electrons. The van der Waals surface area contributed by atoms with Crippen molar-refractivity contribution < 1.29 is 0 Å². The Labute approximate surface area is 113 Å². The zero-order valence-corrected chi connectivity index (χ0v) is 10.8. The zero-order chi connectivity index (χ0) is 13.1. The molecule has 0 spiro atoms. The summed E-state index contributed by atoms with van der Waals surface area (Å²) in [5, 5.41) is 0. The minimum absolute atomic E-state index is 0.755. The van der Waals surface area contributed by atoms with Gasteiger partial charge in [-0.05, 0) is 30.5 Å².